The van der Waals surface area contributed by atoms with Gasteiger partial charge in [0.1, 0.15) is 24.0 Å². The van der Waals surface area contributed by atoms with Crippen LogP contribution in [0.4, 0.5) is 0 Å². The molecule has 6 heteroatoms. The number of rotatable bonds is 8. The summed E-state index contributed by atoms with van der Waals surface area (Å²) in [6.07, 6.45) is 5.61. The Morgan fingerprint density at radius 3 is 2.94 bits per heavy atom. The molecule has 6 nitrogen and oxygen atoms in total. The van der Waals surface area contributed by atoms with Crippen LogP contribution in [0.2, 0.25) is 0 Å². The normalized spacial score (nSPS) is 16.0. The van der Waals surface area contributed by atoms with E-state index in [1.54, 1.807) is 6.08 Å². The summed E-state index contributed by atoms with van der Waals surface area (Å²) in [5.74, 6) is 0.518. The molecule has 1 atom stereocenters. The molecule has 1 N–H and O–H groups in total. The Hall–Kier alpha value is -3.56. The molecule has 0 aliphatic carbocycles. The Labute approximate surface area is 194 Å². The highest BCUT2D eigenvalue weighted by Gasteiger charge is 2.18. The number of ether oxygens (including phenoxy) is 2. The molecule has 1 aliphatic rings. The number of carbonyl (C=O) groups is 1. The molecule has 2 aromatic carbocycles. The van der Waals surface area contributed by atoms with Gasteiger partial charge in [-0.05, 0) is 56.0 Å². The van der Waals surface area contributed by atoms with Crippen LogP contribution in [0, 0.1) is 25.2 Å². The molecular weight excluding hydrogens is 414 g/mol. The van der Waals surface area contributed by atoms with Crippen LogP contribution < -0.4 is 10.1 Å². The number of fused-ring (bicyclic) bond motifs is 1. The minimum absolute atomic E-state index is 0.0350. The summed E-state index contributed by atoms with van der Waals surface area (Å²) in [4.78, 5) is 12.6. The summed E-state index contributed by atoms with van der Waals surface area (Å²) in [5, 5.41) is 13.4. The number of hydrogen-bond acceptors (Lipinski definition) is 4. The summed E-state index contributed by atoms with van der Waals surface area (Å²) in [6.45, 7) is 6.40. The molecule has 1 aromatic heterocycles. The van der Waals surface area contributed by atoms with Crippen molar-refractivity contribution in [3.63, 3.8) is 0 Å². The van der Waals surface area contributed by atoms with Crippen molar-refractivity contribution in [2.45, 2.75) is 39.3 Å². The van der Waals surface area contributed by atoms with Gasteiger partial charge in [0.05, 0.1) is 12.6 Å². The molecule has 33 heavy (non-hydrogen) atoms. The molecule has 0 saturated carbocycles. The first-order valence-electron chi connectivity index (χ1n) is 11.3. The maximum absolute atomic E-state index is 12.6. The Morgan fingerprint density at radius 2 is 2.15 bits per heavy atom. The molecule has 1 aliphatic heterocycles. The van der Waals surface area contributed by atoms with Gasteiger partial charge in [-0.1, -0.05) is 30.3 Å². The number of aromatic nitrogens is 1. The van der Waals surface area contributed by atoms with Crippen molar-refractivity contribution in [2.75, 3.05) is 19.8 Å². The molecule has 0 spiro atoms. The van der Waals surface area contributed by atoms with Crippen molar-refractivity contribution in [2.24, 2.45) is 0 Å². The van der Waals surface area contributed by atoms with E-state index in [1.165, 1.54) is 0 Å². The molecule has 3 aromatic rings. The van der Waals surface area contributed by atoms with Gasteiger partial charge >= 0.3 is 0 Å². The van der Waals surface area contributed by atoms with Crippen LogP contribution >= 0.6 is 0 Å². The van der Waals surface area contributed by atoms with Gasteiger partial charge < -0.3 is 19.4 Å². The van der Waals surface area contributed by atoms with Crippen molar-refractivity contribution < 1.29 is 14.3 Å². The van der Waals surface area contributed by atoms with Crippen LogP contribution in [-0.2, 0) is 16.1 Å². The van der Waals surface area contributed by atoms with E-state index < -0.39 is 0 Å². The highest BCUT2D eigenvalue weighted by atomic mass is 16.5. The maximum atomic E-state index is 12.6. The summed E-state index contributed by atoms with van der Waals surface area (Å²) >= 11 is 0. The highest BCUT2D eigenvalue weighted by Crippen LogP contribution is 2.24. The van der Waals surface area contributed by atoms with Crippen molar-refractivity contribution in [1.82, 2.24) is 9.88 Å². The second kappa shape index (κ2) is 10.4. The number of para-hydroxylation sites is 1. The standard InChI is InChI=1S/C27H29N3O3/c1-19-9-10-20(2)26(14-19)33-13-11-30-18-22(24-7-3-4-8-25(24)30)15-21(16-28)27(31)29-17-23-6-5-12-32-23/h3-4,7-10,14-15,18,23H,5-6,11-13,17H2,1-2H3,(H,29,31)/b21-15-/t23-/m1/s1. The van der Waals surface area contributed by atoms with Crippen molar-refractivity contribution >= 4 is 22.9 Å². The molecule has 4 rings (SSSR count). The number of nitriles is 1. The summed E-state index contributed by atoms with van der Waals surface area (Å²) < 4.78 is 13.7. The minimum atomic E-state index is -0.372. The van der Waals surface area contributed by atoms with Crippen LogP contribution in [0.15, 0.2) is 54.2 Å². The molecule has 1 amide bonds. The number of nitrogens with zero attached hydrogens (tertiary/aromatic N) is 2. The SMILES string of the molecule is Cc1ccc(C)c(OCCn2cc(/C=C(/C#N)C(=O)NC[C@H]3CCCO3)c3ccccc32)c1. The molecule has 170 valence electrons. The number of hydrogen-bond donors (Lipinski definition) is 1. The number of benzene rings is 2. The molecule has 0 unspecified atom stereocenters. The lowest BCUT2D eigenvalue weighted by molar-refractivity contribution is -0.117. The van der Waals surface area contributed by atoms with Crippen LogP contribution in [0.3, 0.4) is 0 Å². The first-order chi connectivity index (χ1) is 16.0. The molecule has 2 heterocycles. The average molecular weight is 444 g/mol. The number of carbonyl (C=O) groups excluding carboxylic acids is 1. The lowest BCUT2D eigenvalue weighted by Gasteiger charge is -2.11. The maximum Gasteiger partial charge on any atom is 0.262 e. The number of nitrogens with one attached hydrogen (secondary N) is 1. The topological polar surface area (TPSA) is 76.3 Å². The lowest BCUT2D eigenvalue weighted by atomic mass is 10.1. The fourth-order valence-electron chi connectivity index (χ4n) is 4.10. The van der Waals surface area contributed by atoms with E-state index in [0.717, 1.165) is 52.8 Å². The molecule has 0 bridgehead atoms. The zero-order valence-electron chi connectivity index (χ0n) is 19.1. The molecule has 1 saturated heterocycles. The largest absolute Gasteiger partial charge is 0.491 e. The second-order valence-electron chi connectivity index (χ2n) is 8.43. The molecule has 1 fully saturated rings. The van der Waals surface area contributed by atoms with Crippen LogP contribution in [-0.4, -0.2) is 36.3 Å². The van der Waals surface area contributed by atoms with Gasteiger partial charge in [-0.25, -0.2) is 0 Å². The Balaban J connectivity index is 1.50. The fraction of sp³-hybridized carbons (Fsp3) is 0.333. The minimum Gasteiger partial charge on any atom is -0.491 e. The Kier molecular flexibility index (Phi) is 7.11. The monoisotopic (exact) mass is 443 g/mol. The Bertz CT molecular complexity index is 1210. The summed E-state index contributed by atoms with van der Waals surface area (Å²) in [7, 11) is 0. The van der Waals surface area contributed by atoms with E-state index in [2.05, 4.69) is 28.1 Å². The summed E-state index contributed by atoms with van der Waals surface area (Å²) in [5.41, 5.74) is 4.22. The van der Waals surface area contributed by atoms with Gasteiger partial charge in [0.2, 0.25) is 0 Å². The van der Waals surface area contributed by atoms with Crippen molar-refractivity contribution in [1.29, 1.82) is 5.26 Å². The summed E-state index contributed by atoms with van der Waals surface area (Å²) in [6, 6.07) is 16.2. The van der Waals surface area contributed by atoms with Gasteiger partial charge in [-0.15, -0.1) is 0 Å². The van der Waals surface area contributed by atoms with Gasteiger partial charge in [-0.3, -0.25) is 4.79 Å². The highest BCUT2D eigenvalue weighted by molar-refractivity contribution is 6.04. The van der Waals surface area contributed by atoms with Crippen molar-refractivity contribution in [3.8, 4) is 11.8 Å². The van der Waals surface area contributed by atoms with E-state index >= 15 is 0 Å². The molecular formula is C27H29N3O3. The van der Waals surface area contributed by atoms with Crippen molar-refractivity contribution in [3.05, 3.63) is 70.9 Å². The predicted octanol–water partition coefficient (Wildman–Crippen LogP) is 4.54. The van der Waals surface area contributed by atoms with Gasteiger partial charge in [0, 0.05) is 35.8 Å². The van der Waals surface area contributed by atoms with Gasteiger partial charge in [-0.2, -0.15) is 5.26 Å². The average Bonchev–Trinajstić information content (AvgIpc) is 3.46. The number of aryl methyl sites for hydroxylation is 2. The second-order valence-corrected chi connectivity index (χ2v) is 8.43. The predicted molar refractivity (Wildman–Crippen MR) is 129 cm³/mol. The van der Waals surface area contributed by atoms with Crippen LogP contribution in [0.1, 0.15) is 29.5 Å². The first kappa shape index (κ1) is 22.6. The number of amides is 1. The zero-order valence-corrected chi connectivity index (χ0v) is 19.1. The zero-order chi connectivity index (χ0) is 23.2. The smallest absolute Gasteiger partial charge is 0.262 e. The quantitative estimate of drug-likeness (QED) is 0.410. The Morgan fingerprint density at radius 1 is 1.30 bits per heavy atom. The first-order valence-corrected chi connectivity index (χ1v) is 11.3. The van der Waals surface area contributed by atoms with Gasteiger partial charge in [0.15, 0.2) is 0 Å². The third kappa shape index (κ3) is 5.44. The van der Waals surface area contributed by atoms with E-state index in [-0.39, 0.29) is 17.6 Å². The van der Waals surface area contributed by atoms with E-state index in [0.29, 0.717) is 19.7 Å². The van der Waals surface area contributed by atoms with Crippen LogP contribution in [0.5, 0.6) is 5.75 Å². The third-order valence-corrected chi connectivity index (χ3v) is 5.93. The van der Waals surface area contributed by atoms with E-state index in [1.807, 2.05) is 50.4 Å². The fourth-order valence-corrected chi connectivity index (χ4v) is 4.10. The van der Waals surface area contributed by atoms with Crippen LogP contribution in [0.25, 0.3) is 17.0 Å². The van der Waals surface area contributed by atoms with E-state index in [4.69, 9.17) is 9.47 Å². The van der Waals surface area contributed by atoms with E-state index in [9.17, 15) is 10.1 Å². The molecule has 0 radical (unpaired) electrons. The third-order valence-electron chi connectivity index (χ3n) is 5.93. The van der Waals surface area contributed by atoms with Gasteiger partial charge in [0.25, 0.3) is 5.91 Å². The lowest BCUT2D eigenvalue weighted by Crippen LogP contribution is -2.32.